The first-order valence-corrected chi connectivity index (χ1v) is 11.3. The van der Waals surface area contributed by atoms with Gasteiger partial charge in [-0.25, -0.2) is 4.39 Å². The second-order valence-electron chi connectivity index (χ2n) is 7.52. The first-order valence-electron chi connectivity index (χ1n) is 10.1. The van der Waals surface area contributed by atoms with Crippen molar-refractivity contribution < 1.29 is 4.39 Å². The minimum atomic E-state index is -0.261. The topological polar surface area (TPSA) is 59.7 Å². The lowest BCUT2D eigenvalue weighted by atomic mass is 10.2. The van der Waals surface area contributed by atoms with Gasteiger partial charge in [0, 0.05) is 17.8 Å². The molecule has 0 radical (unpaired) electrons. The highest BCUT2D eigenvalue weighted by Gasteiger charge is 2.14. The van der Waals surface area contributed by atoms with Crippen molar-refractivity contribution >= 4 is 52.0 Å². The van der Waals surface area contributed by atoms with Crippen LogP contribution in [0.5, 0.6) is 0 Å². The lowest BCUT2D eigenvalue weighted by molar-refractivity contribution is 0.586. The summed E-state index contributed by atoms with van der Waals surface area (Å²) >= 11 is 17.6. The molecule has 2 aromatic heterocycles. The number of nitrogens with zero attached hydrogens (tertiary/aromatic N) is 4. The highest BCUT2D eigenvalue weighted by Crippen LogP contribution is 2.25. The number of hydrogen-bond donors (Lipinski definition) is 2. The van der Waals surface area contributed by atoms with Crippen molar-refractivity contribution in [2.45, 2.75) is 26.9 Å². The van der Waals surface area contributed by atoms with Crippen molar-refractivity contribution in [1.82, 2.24) is 19.6 Å². The fraction of sp³-hybridized carbons (Fsp3) is 0.174. The van der Waals surface area contributed by atoms with E-state index in [2.05, 4.69) is 20.8 Å². The van der Waals surface area contributed by atoms with Crippen molar-refractivity contribution in [3.8, 4) is 0 Å². The SMILES string of the molecule is Cc1nn(Cc2ccc(Cl)c(Cl)c2)c(C)c1NC(=S)Nc1ccn(Cc2ccccc2F)n1. The molecule has 170 valence electrons. The van der Waals surface area contributed by atoms with Crippen LogP contribution in [0, 0.1) is 19.7 Å². The van der Waals surface area contributed by atoms with Crippen LogP contribution in [0.25, 0.3) is 0 Å². The molecule has 0 amide bonds. The van der Waals surface area contributed by atoms with Gasteiger partial charge in [-0.1, -0.05) is 47.5 Å². The number of hydrogen-bond acceptors (Lipinski definition) is 3. The Balaban J connectivity index is 1.41. The monoisotopic (exact) mass is 502 g/mol. The number of aryl methyl sites for hydroxylation is 1. The molecule has 6 nitrogen and oxygen atoms in total. The molecule has 2 heterocycles. The number of rotatable bonds is 6. The Kier molecular flexibility index (Phi) is 6.97. The molecule has 0 saturated carbocycles. The van der Waals surface area contributed by atoms with Gasteiger partial charge in [-0.3, -0.25) is 9.36 Å². The van der Waals surface area contributed by atoms with Gasteiger partial charge < -0.3 is 10.6 Å². The molecule has 2 aromatic carbocycles. The normalized spacial score (nSPS) is 10.9. The fourth-order valence-electron chi connectivity index (χ4n) is 3.42. The molecule has 0 spiro atoms. The van der Waals surface area contributed by atoms with Crippen LogP contribution >= 0.6 is 35.4 Å². The molecule has 10 heteroatoms. The molecule has 0 unspecified atom stereocenters. The molecule has 4 aromatic rings. The molecule has 0 aliphatic carbocycles. The summed E-state index contributed by atoms with van der Waals surface area (Å²) in [6.07, 6.45) is 1.77. The summed E-state index contributed by atoms with van der Waals surface area (Å²) in [5.41, 5.74) is 4.10. The van der Waals surface area contributed by atoms with Crippen LogP contribution in [0.15, 0.2) is 54.7 Å². The average Bonchev–Trinajstić information content (AvgIpc) is 3.31. The van der Waals surface area contributed by atoms with Crippen molar-refractivity contribution in [3.05, 3.63) is 93.1 Å². The van der Waals surface area contributed by atoms with E-state index < -0.39 is 0 Å². The van der Waals surface area contributed by atoms with E-state index in [9.17, 15) is 4.39 Å². The molecule has 0 aliphatic heterocycles. The zero-order valence-electron chi connectivity index (χ0n) is 17.9. The molecule has 33 heavy (non-hydrogen) atoms. The largest absolute Gasteiger partial charge is 0.329 e. The first-order chi connectivity index (χ1) is 15.8. The molecular formula is C23H21Cl2FN6S. The van der Waals surface area contributed by atoms with E-state index in [1.165, 1.54) is 6.07 Å². The van der Waals surface area contributed by atoms with Gasteiger partial charge in [-0.05, 0) is 49.8 Å². The van der Waals surface area contributed by atoms with Gasteiger partial charge in [0.05, 0.1) is 40.2 Å². The summed E-state index contributed by atoms with van der Waals surface area (Å²) in [6.45, 7) is 4.75. The molecular weight excluding hydrogens is 482 g/mol. The maximum atomic E-state index is 13.9. The van der Waals surface area contributed by atoms with Crippen molar-refractivity contribution in [3.63, 3.8) is 0 Å². The summed E-state index contributed by atoms with van der Waals surface area (Å²) in [6, 6.07) is 13.9. The third kappa shape index (κ3) is 5.52. The average molecular weight is 503 g/mol. The molecule has 4 rings (SSSR count). The van der Waals surface area contributed by atoms with Gasteiger partial charge in [-0.2, -0.15) is 10.2 Å². The van der Waals surface area contributed by atoms with Gasteiger partial charge in [0.25, 0.3) is 0 Å². The summed E-state index contributed by atoms with van der Waals surface area (Å²) in [5, 5.41) is 16.7. The Morgan fingerprint density at radius 2 is 1.79 bits per heavy atom. The molecule has 0 aliphatic rings. The second kappa shape index (κ2) is 9.91. The van der Waals surface area contributed by atoms with Crippen molar-refractivity contribution in [1.29, 1.82) is 0 Å². The zero-order valence-corrected chi connectivity index (χ0v) is 20.3. The van der Waals surface area contributed by atoms with Gasteiger partial charge in [0.1, 0.15) is 5.82 Å². The minimum Gasteiger partial charge on any atom is -0.329 e. The molecule has 0 saturated heterocycles. The third-order valence-corrected chi connectivity index (χ3v) is 6.05. The number of nitrogens with one attached hydrogen (secondary N) is 2. The predicted octanol–water partition coefficient (Wildman–Crippen LogP) is 6.05. The summed E-state index contributed by atoms with van der Waals surface area (Å²) < 4.78 is 17.4. The van der Waals surface area contributed by atoms with Crippen LogP contribution in [0.1, 0.15) is 22.5 Å². The Bertz CT molecular complexity index is 1320. The first kappa shape index (κ1) is 23.2. The summed E-state index contributed by atoms with van der Waals surface area (Å²) in [7, 11) is 0. The Labute approximate surface area is 206 Å². The summed E-state index contributed by atoms with van der Waals surface area (Å²) in [5.74, 6) is 0.297. The molecule has 0 atom stereocenters. The van der Waals surface area contributed by atoms with Gasteiger partial charge in [-0.15, -0.1) is 0 Å². The quantitative estimate of drug-likeness (QED) is 0.314. The standard InChI is InChI=1S/C23H21Cl2FN6S/c1-14-22(15(2)32(29-14)12-16-7-8-18(24)19(25)11-16)28-23(33)27-21-9-10-31(30-21)13-17-5-3-4-6-20(17)26/h3-11H,12-13H2,1-2H3,(H2,27,28,30,33). The van der Waals surface area contributed by atoms with E-state index in [1.54, 1.807) is 41.2 Å². The Hall–Kier alpha value is -2.94. The van der Waals surface area contributed by atoms with Gasteiger partial charge in [0.2, 0.25) is 0 Å². The maximum Gasteiger partial charge on any atom is 0.176 e. The molecule has 0 bridgehead atoms. The number of benzene rings is 2. The lowest BCUT2D eigenvalue weighted by Crippen LogP contribution is -2.20. The van der Waals surface area contributed by atoms with Crippen LogP contribution in [-0.2, 0) is 13.1 Å². The number of aromatic nitrogens is 4. The Morgan fingerprint density at radius 1 is 1.00 bits per heavy atom. The smallest absolute Gasteiger partial charge is 0.176 e. The van der Waals surface area contributed by atoms with E-state index in [0.29, 0.717) is 39.6 Å². The highest BCUT2D eigenvalue weighted by atomic mass is 35.5. The van der Waals surface area contributed by atoms with Gasteiger partial charge >= 0.3 is 0 Å². The highest BCUT2D eigenvalue weighted by molar-refractivity contribution is 7.80. The van der Waals surface area contributed by atoms with Crippen molar-refractivity contribution in [2.75, 3.05) is 10.6 Å². The van der Waals surface area contributed by atoms with E-state index >= 15 is 0 Å². The van der Waals surface area contributed by atoms with E-state index in [-0.39, 0.29) is 5.82 Å². The maximum absolute atomic E-state index is 13.9. The van der Waals surface area contributed by atoms with E-state index in [0.717, 1.165) is 22.6 Å². The molecule has 2 N–H and O–H groups in total. The van der Waals surface area contributed by atoms with E-state index in [1.807, 2.05) is 30.7 Å². The van der Waals surface area contributed by atoms with Crippen LogP contribution in [0.2, 0.25) is 10.0 Å². The van der Waals surface area contributed by atoms with E-state index in [4.69, 9.17) is 35.4 Å². The summed E-state index contributed by atoms with van der Waals surface area (Å²) in [4.78, 5) is 0. The fourth-order valence-corrected chi connectivity index (χ4v) is 3.95. The predicted molar refractivity (Wildman–Crippen MR) is 135 cm³/mol. The number of anilines is 2. The zero-order chi connectivity index (χ0) is 23.5. The van der Waals surface area contributed by atoms with Crippen LogP contribution in [0.3, 0.4) is 0 Å². The van der Waals surface area contributed by atoms with Crippen LogP contribution in [-0.4, -0.2) is 24.7 Å². The lowest BCUT2D eigenvalue weighted by Gasteiger charge is -2.10. The minimum absolute atomic E-state index is 0.261. The van der Waals surface area contributed by atoms with Crippen molar-refractivity contribution in [2.24, 2.45) is 0 Å². The Morgan fingerprint density at radius 3 is 2.55 bits per heavy atom. The van der Waals surface area contributed by atoms with Gasteiger partial charge in [0.15, 0.2) is 10.9 Å². The second-order valence-corrected chi connectivity index (χ2v) is 8.74. The van der Waals surface area contributed by atoms with Crippen LogP contribution < -0.4 is 10.6 Å². The third-order valence-electron chi connectivity index (χ3n) is 5.11. The molecule has 0 fully saturated rings. The number of halogens is 3. The van der Waals surface area contributed by atoms with Crippen LogP contribution in [0.4, 0.5) is 15.9 Å². The number of thiocarbonyl (C=S) groups is 1.